The zero-order chi connectivity index (χ0) is 60.2. The topological polar surface area (TPSA) is 288 Å². The standard InChI is InChI=1S/C31H41N7O4.C29H38N8O4.ClH/c1-19(32-5)28(39)37-26(31(2,3)4)30(41)38-14-10-13-24(38)29(40)36-23-15-21-22(16-25(23)42-6)34-18-35-27(21)33-17-20-11-8-7-9-12-20;1-17(30-5)26(38)36-24(29(2,3)4)28(40)37-13-9-10-21(37)27(39)34-20-14-18-19(15-22(20)41-6)32-16-33-25(18)35-23-11-7-8-12-31-23;/h7-9,11-12,15-16,18-19,24,26,32H,10,13-14,17H2,1-6H3,(H,36,40)(H,37,39)(H,33,34,35);7-8,11-12,14-17,21,24,30H,9-10,13H2,1-6H3,(H,34,39)(H,36,38)(H,31,32,33,35);1H/t19-,24-,26+;17-,21-,24+;/m00./s1. The summed E-state index contributed by atoms with van der Waals surface area (Å²) < 4.78 is 11.2. The van der Waals surface area contributed by atoms with E-state index in [0.717, 1.165) is 10.9 Å². The number of halogens is 1. The molecule has 3 aromatic carbocycles. The van der Waals surface area contributed by atoms with Crippen LogP contribution in [0.5, 0.6) is 11.5 Å². The molecule has 5 heterocycles. The fourth-order valence-corrected chi connectivity index (χ4v) is 9.74. The fourth-order valence-electron chi connectivity index (χ4n) is 9.74. The summed E-state index contributed by atoms with van der Waals surface area (Å²) in [5.74, 6) is 0.844. The number of nitrogens with zero attached hydrogens (tertiary/aromatic N) is 7. The van der Waals surface area contributed by atoms with Gasteiger partial charge in [-0.15, -0.1) is 12.4 Å². The number of ether oxygens (including phenoxy) is 2. The van der Waals surface area contributed by atoms with Crippen LogP contribution in [0.4, 0.5) is 28.8 Å². The molecular formula is C60H80ClN15O8. The van der Waals surface area contributed by atoms with Crippen molar-refractivity contribution in [2.75, 3.05) is 62.7 Å². The molecule has 8 N–H and O–H groups in total. The molecule has 0 spiro atoms. The molecule has 23 nitrogen and oxygen atoms in total. The summed E-state index contributed by atoms with van der Waals surface area (Å²) in [5.41, 5.74) is 2.12. The molecule has 2 aliphatic rings. The molecule has 450 valence electrons. The van der Waals surface area contributed by atoms with Crippen LogP contribution in [0.2, 0.25) is 0 Å². The van der Waals surface area contributed by atoms with Gasteiger partial charge in [-0.25, -0.2) is 24.9 Å². The molecule has 0 unspecified atom stereocenters. The van der Waals surface area contributed by atoms with Crippen molar-refractivity contribution in [3.63, 3.8) is 0 Å². The average molecular weight is 1170 g/mol. The number of likely N-dealkylation sites (N-methyl/N-ethyl adjacent to an activating group) is 2. The molecule has 6 amide bonds. The van der Waals surface area contributed by atoms with Crippen LogP contribution in [0.15, 0.2) is 91.6 Å². The highest BCUT2D eigenvalue weighted by Crippen LogP contribution is 2.36. The number of pyridine rings is 1. The number of carbonyl (C=O) groups excluding carboxylic acids is 6. The van der Waals surface area contributed by atoms with Crippen molar-refractivity contribution < 1.29 is 38.2 Å². The van der Waals surface area contributed by atoms with E-state index in [4.69, 9.17) is 9.47 Å². The predicted molar refractivity (Wildman–Crippen MR) is 327 cm³/mol. The van der Waals surface area contributed by atoms with Gasteiger partial charge in [-0.3, -0.25) is 28.8 Å². The number of likely N-dealkylation sites (tertiary alicyclic amines) is 2. The molecule has 0 saturated carbocycles. The highest BCUT2D eigenvalue weighted by molar-refractivity contribution is 6.04. The third kappa shape index (κ3) is 15.9. The Balaban J connectivity index is 0.000000266. The smallest absolute Gasteiger partial charge is 0.247 e. The van der Waals surface area contributed by atoms with Crippen LogP contribution in [0.1, 0.15) is 86.6 Å². The molecule has 2 fully saturated rings. The average Bonchev–Trinajstić information content (AvgIpc) is 2.36. The Labute approximate surface area is 496 Å². The number of fused-ring (bicyclic) bond motifs is 2. The lowest BCUT2D eigenvalue weighted by Crippen LogP contribution is -2.59. The van der Waals surface area contributed by atoms with Crippen molar-refractivity contribution in [3.8, 4) is 11.5 Å². The van der Waals surface area contributed by atoms with E-state index in [1.807, 2.05) is 90.1 Å². The second-order valence-electron chi connectivity index (χ2n) is 22.8. The van der Waals surface area contributed by atoms with Crippen LogP contribution in [0.25, 0.3) is 21.8 Å². The minimum absolute atomic E-state index is 0. The summed E-state index contributed by atoms with van der Waals surface area (Å²) >= 11 is 0. The lowest BCUT2D eigenvalue weighted by molar-refractivity contribution is -0.143. The maximum Gasteiger partial charge on any atom is 0.247 e. The molecule has 3 aromatic heterocycles. The first-order chi connectivity index (χ1) is 39.6. The van der Waals surface area contributed by atoms with Crippen molar-refractivity contribution in [2.24, 2.45) is 10.8 Å². The van der Waals surface area contributed by atoms with Gasteiger partial charge in [-0.05, 0) is 94.3 Å². The summed E-state index contributed by atoms with van der Waals surface area (Å²) in [4.78, 5) is 105. The highest BCUT2D eigenvalue weighted by Gasteiger charge is 2.44. The Morgan fingerprint density at radius 3 is 1.49 bits per heavy atom. The molecule has 0 radical (unpaired) electrons. The Morgan fingerprint density at radius 1 is 0.607 bits per heavy atom. The summed E-state index contributed by atoms with van der Waals surface area (Å²) in [6.07, 6.45) is 6.96. The number of hydrogen-bond acceptors (Lipinski definition) is 17. The van der Waals surface area contributed by atoms with Crippen molar-refractivity contribution in [1.29, 1.82) is 0 Å². The van der Waals surface area contributed by atoms with E-state index in [-0.39, 0.29) is 47.9 Å². The van der Waals surface area contributed by atoms with Crippen LogP contribution >= 0.6 is 12.4 Å². The normalized spacial score (nSPS) is 16.4. The highest BCUT2D eigenvalue weighted by atomic mass is 35.5. The second-order valence-corrected chi connectivity index (χ2v) is 22.8. The zero-order valence-electron chi connectivity index (χ0n) is 49.9. The maximum absolute atomic E-state index is 13.8. The zero-order valence-corrected chi connectivity index (χ0v) is 50.7. The number of carbonyl (C=O) groups is 6. The largest absolute Gasteiger partial charge is 0.494 e. The molecule has 0 bridgehead atoms. The van der Waals surface area contributed by atoms with E-state index in [9.17, 15) is 28.8 Å². The summed E-state index contributed by atoms with van der Waals surface area (Å²) in [5, 5.41) is 25.5. The molecule has 6 aromatic rings. The Hall–Kier alpha value is -8.28. The third-order valence-electron chi connectivity index (χ3n) is 14.8. The SMILES string of the molecule is CN[C@@H](C)C(=O)N[C@H](C(=O)N1CCC[C@H]1C(=O)Nc1cc2c(NCc3ccccc3)ncnc2cc1OC)C(C)(C)C.CN[C@@H](C)C(=O)N[C@H](C(=O)N1CCC[C@H]1C(=O)Nc1cc2c(Nc3ccccn3)ncnc2cc1OC)C(C)(C)C.Cl. The monoisotopic (exact) mass is 1170 g/mol. The van der Waals surface area contributed by atoms with E-state index < -0.39 is 47.1 Å². The Kier molecular flexibility index (Phi) is 22.3. The lowest BCUT2D eigenvalue weighted by atomic mass is 9.85. The minimum Gasteiger partial charge on any atom is -0.494 e. The number of amides is 6. The predicted octanol–water partition coefficient (Wildman–Crippen LogP) is 6.59. The first-order valence-electron chi connectivity index (χ1n) is 27.9. The van der Waals surface area contributed by atoms with Gasteiger partial charge in [0.05, 0.1) is 48.7 Å². The van der Waals surface area contributed by atoms with Crippen molar-refractivity contribution in [2.45, 2.75) is 124 Å². The molecule has 6 atom stereocenters. The van der Waals surface area contributed by atoms with Crippen molar-refractivity contribution >= 4 is 98.5 Å². The van der Waals surface area contributed by atoms with Crippen molar-refractivity contribution in [1.82, 2.24) is 56.0 Å². The van der Waals surface area contributed by atoms with Crippen LogP contribution < -0.4 is 52.0 Å². The van der Waals surface area contributed by atoms with Gasteiger partial charge in [0.15, 0.2) is 0 Å². The van der Waals surface area contributed by atoms with Crippen LogP contribution in [0, 0.1) is 10.8 Å². The van der Waals surface area contributed by atoms with Crippen LogP contribution in [0.3, 0.4) is 0 Å². The van der Waals surface area contributed by atoms with E-state index in [1.54, 1.807) is 68.2 Å². The van der Waals surface area contributed by atoms with Gasteiger partial charge >= 0.3 is 0 Å². The third-order valence-corrected chi connectivity index (χ3v) is 14.8. The van der Waals surface area contributed by atoms with E-state index >= 15 is 0 Å². The van der Waals surface area contributed by atoms with E-state index in [2.05, 4.69) is 67.5 Å². The molecular weight excluding hydrogens is 1090 g/mol. The molecule has 8 rings (SSSR count). The number of benzene rings is 3. The number of rotatable bonds is 19. The van der Waals surface area contributed by atoms with Gasteiger partial charge in [-0.1, -0.05) is 77.9 Å². The Bertz CT molecular complexity index is 3270. The van der Waals surface area contributed by atoms with E-state index in [1.165, 1.54) is 26.9 Å². The van der Waals surface area contributed by atoms with E-state index in [0.29, 0.717) is 102 Å². The van der Waals surface area contributed by atoms with Crippen LogP contribution in [-0.4, -0.2) is 148 Å². The maximum atomic E-state index is 13.8. The number of hydrogen-bond donors (Lipinski definition) is 8. The lowest BCUT2D eigenvalue weighted by Gasteiger charge is -2.36. The number of aromatic nitrogens is 5. The van der Waals surface area contributed by atoms with Gasteiger partial charge in [0, 0.05) is 48.7 Å². The number of anilines is 5. The minimum atomic E-state index is -0.799. The quantitative estimate of drug-likeness (QED) is 0.0425. The van der Waals surface area contributed by atoms with Gasteiger partial charge in [0.1, 0.15) is 65.8 Å². The van der Waals surface area contributed by atoms with Gasteiger partial charge in [0.2, 0.25) is 35.4 Å². The van der Waals surface area contributed by atoms with Crippen LogP contribution in [-0.2, 0) is 35.3 Å². The van der Waals surface area contributed by atoms with Gasteiger partial charge in [0.25, 0.3) is 0 Å². The second kappa shape index (κ2) is 28.8. The summed E-state index contributed by atoms with van der Waals surface area (Å²) in [6, 6.07) is 18.6. The molecule has 2 saturated heterocycles. The molecule has 24 heteroatoms. The fraction of sp³-hybridized carbons (Fsp3) is 0.450. The molecule has 0 aliphatic carbocycles. The molecule has 84 heavy (non-hydrogen) atoms. The van der Waals surface area contributed by atoms with Gasteiger partial charge in [-0.2, -0.15) is 0 Å². The summed E-state index contributed by atoms with van der Waals surface area (Å²) in [6.45, 7) is 16.2. The van der Waals surface area contributed by atoms with Crippen molar-refractivity contribution in [3.05, 3.63) is 97.2 Å². The number of methoxy groups -OCH3 is 2. The number of nitrogens with one attached hydrogen (secondary N) is 8. The summed E-state index contributed by atoms with van der Waals surface area (Å²) in [7, 11) is 6.41. The first-order valence-corrected chi connectivity index (χ1v) is 27.9. The van der Waals surface area contributed by atoms with Gasteiger partial charge < -0.3 is 61.8 Å². The molecule has 2 aliphatic heterocycles. The first kappa shape index (κ1) is 64.9. The Morgan fingerprint density at radius 2 is 1.06 bits per heavy atom.